The molecule has 3 aromatic rings. The molecular weight excluding hydrogens is 332 g/mol. The Morgan fingerprint density at radius 2 is 1.29 bits per heavy atom. The number of thiazole rings is 1. The lowest BCUT2D eigenvalue weighted by molar-refractivity contribution is -0.385. The first-order valence-corrected chi connectivity index (χ1v) is 7.63. The van der Waals surface area contributed by atoms with Gasteiger partial charge in [0, 0.05) is 47.2 Å². The number of nitro groups is 2. The number of non-ortho nitro benzene ring substituents is 2. The fourth-order valence-electron chi connectivity index (χ4n) is 2.14. The van der Waals surface area contributed by atoms with Crippen molar-refractivity contribution >= 4 is 39.2 Å². The highest BCUT2D eigenvalue weighted by Gasteiger charge is 2.17. The van der Waals surface area contributed by atoms with Crippen molar-refractivity contribution in [2.45, 2.75) is 0 Å². The Hall–Kier alpha value is -3.33. The highest BCUT2D eigenvalue weighted by Crippen LogP contribution is 2.36. The maximum atomic E-state index is 10.8. The normalized spacial score (nSPS) is 10.3. The van der Waals surface area contributed by atoms with Gasteiger partial charge in [-0.25, -0.2) is 4.98 Å². The van der Waals surface area contributed by atoms with E-state index in [1.54, 1.807) is 40.7 Å². The van der Waals surface area contributed by atoms with Crippen LogP contribution in [0, 0.1) is 20.2 Å². The van der Waals surface area contributed by atoms with E-state index in [2.05, 4.69) is 4.98 Å². The van der Waals surface area contributed by atoms with Crippen molar-refractivity contribution in [2.24, 2.45) is 0 Å². The first-order chi connectivity index (χ1) is 11.6. The summed E-state index contributed by atoms with van der Waals surface area (Å²) >= 11 is 1.39. The van der Waals surface area contributed by atoms with Gasteiger partial charge in [0.05, 0.1) is 9.85 Å². The molecule has 0 atom stereocenters. The SMILES string of the molecule is O=[N+]([O-])c1ccc(N(c2ccc([N+](=O)[O-])cc2)c2nccs2)cc1. The number of benzene rings is 2. The van der Waals surface area contributed by atoms with Gasteiger partial charge in [-0.1, -0.05) is 0 Å². The van der Waals surface area contributed by atoms with Crippen LogP contribution in [0.2, 0.25) is 0 Å². The summed E-state index contributed by atoms with van der Waals surface area (Å²) in [6.45, 7) is 0. The van der Waals surface area contributed by atoms with E-state index in [1.807, 2.05) is 0 Å². The minimum absolute atomic E-state index is 0.0125. The van der Waals surface area contributed by atoms with Crippen molar-refractivity contribution in [1.29, 1.82) is 0 Å². The molecule has 1 heterocycles. The van der Waals surface area contributed by atoms with Gasteiger partial charge in [-0.2, -0.15) is 0 Å². The molecule has 0 saturated carbocycles. The highest BCUT2D eigenvalue weighted by molar-refractivity contribution is 7.13. The molecular formula is C15H10N4O4S. The predicted molar refractivity (Wildman–Crippen MR) is 90.1 cm³/mol. The number of hydrogen-bond acceptors (Lipinski definition) is 7. The van der Waals surface area contributed by atoms with Crippen molar-refractivity contribution in [3.8, 4) is 0 Å². The van der Waals surface area contributed by atoms with Crippen LogP contribution in [-0.4, -0.2) is 14.8 Å². The number of nitro benzene ring substituents is 2. The van der Waals surface area contributed by atoms with Crippen LogP contribution in [0.15, 0.2) is 60.1 Å². The molecule has 0 aliphatic rings. The fourth-order valence-corrected chi connectivity index (χ4v) is 2.82. The number of rotatable bonds is 5. The molecule has 0 spiro atoms. The summed E-state index contributed by atoms with van der Waals surface area (Å²) in [5.74, 6) is 0. The van der Waals surface area contributed by atoms with E-state index in [1.165, 1.54) is 35.6 Å². The summed E-state index contributed by atoms with van der Waals surface area (Å²) in [5.41, 5.74) is 1.32. The van der Waals surface area contributed by atoms with Crippen molar-refractivity contribution in [2.75, 3.05) is 4.90 Å². The van der Waals surface area contributed by atoms with Gasteiger partial charge in [-0.3, -0.25) is 25.1 Å². The molecule has 2 aromatic carbocycles. The van der Waals surface area contributed by atoms with Crippen LogP contribution in [0.1, 0.15) is 0 Å². The van der Waals surface area contributed by atoms with Crippen molar-refractivity contribution in [1.82, 2.24) is 4.98 Å². The Morgan fingerprint density at radius 3 is 1.62 bits per heavy atom. The van der Waals surface area contributed by atoms with E-state index in [0.29, 0.717) is 16.5 Å². The van der Waals surface area contributed by atoms with Gasteiger partial charge < -0.3 is 0 Å². The molecule has 3 rings (SSSR count). The monoisotopic (exact) mass is 342 g/mol. The highest BCUT2D eigenvalue weighted by atomic mass is 32.1. The van der Waals surface area contributed by atoms with Crippen LogP contribution in [0.3, 0.4) is 0 Å². The molecule has 0 aliphatic carbocycles. The second-order valence-electron chi connectivity index (χ2n) is 4.70. The lowest BCUT2D eigenvalue weighted by atomic mass is 10.2. The molecule has 8 nitrogen and oxygen atoms in total. The van der Waals surface area contributed by atoms with Crippen LogP contribution in [-0.2, 0) is 0 Å². The number of aromatic nitrogens is 1. The van der Waals surface area contributed by atoms with Gasteiger partial charge in [-0.05, 0) is 24.3 Å². The largest absolute Gasteiger partial charge is 0.286 e. The second-order valence-corrected chi connectivity index (χ2v) is 5.57. The average Bonchev–Trinajstić information content (AvgIpc) is 3.10. The van der Waals surface area contributed by atoms with Gasteiger partial charge in [-0.15, -0.1) is 11.3 Å². The number of hydrogen-bond donors (Lipinski definition) is 0. The zero-order valence-electron chi connectivity index (χ0n) is 12.1. The maximum absolute atomic E-state index is 10.8. The van der Waals surface area contributed by atoms with Crippen LogP contribution in [0.25, 0.3) is 0 Å². The molecule has 9 heteroatoms. The number of anilines is 3. The van der Waals surface area contributed by atoms with Crippen LogP contribution in [0.4, 0.5) is 27.9 Å². The smallest absolute Gasteiger partial charge is 0.269 e. The zero-order chi connectivity index (χ0) is 17.1. The predicted octanol–water partition coefficient (Wildman–Crippen LogP) is 4.43. The molecule has 0 aliphatic heterocycles. The van der Waals surface area contributed by atoms with Crippen LogP contribution in [0.5, 0.6) is 0 Å². The molecule has 0 unspecified atom stereocenters. The van der Waals surface area contributed by atoms with E-state index in [-0.39, 0.29) is 11.4 Å². The van der Waals surface area contributed by atoms with Gasteiger partial charge in [0.1, 0.15) is 0 Å². The summed E-state index contributed by atoms with van der Waals surface area (Å²) in [4.78, 5) is 26.7. The van der Waals surface area contributed by atoms with Crippen molar-refractivity contribution in [3.63, 3.8) is 0 Å². The van der Waals surface area contributed by atoms with Crippen molar-refractivity contribution < 1.29 is 9.85 Å². The van der Waals surface area contributed by atoms with Gasteiger partial charge >= 0.3 is 0 Å². The molecule has 0 fully saturated rings. The van der Waals surface area contributed by atoms with E-state index in [4.69, 9.17) is 0 Å². The van der Waals surface area contributed by atoms with E-state index >= 15 is 0 Å². The Kier molecular flexibility index (Phi) is 4.17. The number of nitrogens with zero attached hydrogens (tertiary/aromatic N) is 4. The first kappa shape index (κ1) is 15.6. The maximum Gasteiger partial charge on any atom is 0.269 e. The van der Waals surface area contributed by atoms with Crippen LogP contribution < -0.4 is 4.90 Å². The van der Waals surface area contributed by atoms with Crippen LogP contribution >= 0.6 is 11.3 Å². The molecule has 0 radical (unpaired) electrons. The van der Waals surface area contributed by atoms with E-state index in [0.717, 1.165) is 0 Å². The van der Waals surface area contributed by atoms with Gasteiger partial charge in [0.25, 0.3) is 11.4 Å². The summed E-state index contributed by atoms with van der Waals surface area (Å²) in [5, 5.41) is 24.1. The fraction of sp³-hybridized carbons (Fsp3) is 0. The third kappa shape index (κ3) is 3.06. The van der Waals surface area contributed by atoms with E-state index in [9.17, 15) is 20.2 Å². The summed E-state index contributed by atoms with van der Waals surface area (Å²) in [6, 6.07) is 12.1. The molecule has 24 heavy (non-hydrogen) atoms. The summed E-state index contributed by atoms with van der Waals surface area (Å²) in [6.07, 6.45) is 1.64. The van der Waals surface area contributed by atoms with E-state index < -0.39 is 9.85 Å². The quantitative estimate of drug-likeness (QED) is 0.502. The second kappa shape index (κ2) is 6.42. The third-order valence-corrected chi connectivity index (χ3v) is 4.00. The van der Waals surface area contributed by atoms with Crippen molar-refractivity contribution in [3.05, 3.63) is 80.3 Å². The minimum atomic E-state index is -0.469. The molecule has 0 amide bonds. The molecule has 1 aromatic heterocycles. The molecule has 0 N–H and O–H groups in total. The Balaban J connectivity index is 2.04. The summed E-state index contributed by atoms with van der Waals surface area (Å²) in [7, 11) is 0. The Labute approximate surface area is 139 Å². The topological polar surface area (TPSA) is 102 Å². The molecule has 120 valence electrons. The van der Waals surface area contributed by atoms with Gasteiger partial charge in [0.15, 0.2) is 5.13 Å². The first-order valence-electron chi connectivity index (χ1n) is 6.75. The average molecular weight is 342 g/mol. The lowest BCUT2D eigenvalue weighted by Crippen LogP contribution is -2.09. The molecule has 0 bridgehead atoms. The standard InChI is InChI=1S/C15H10N4O4S/c20-18(21)13-5-1-11(2-6-13)17(15-16-9-10-24-15)12-3-7-14(8-4-12)19(22)23/h1-10H. The molecule has 0 saturated heterocycles. The van der Waals surface area contributed by atoms with Gasteiger partial charge in [0.2, 0.25) is 0 Å². The zero-order valence-corrected chi connectivity index (χ0v) is 12.9. The summed E-state index contributed by atoms with van der Waals surface area (Å²) < 4.78 is 0. The Bertz CT molecular complexity index is 806. The minimum Gasteiger partial charge on any atom is -0.286 e. The third-order valence-electron chi connectivity index (χ3n) is 3.25. The Morgan fingerprint density at radius 1 is 0.833 bits per heavy atom. The lowest BCUT2D eigenvalue weighted by Gasteiger charge is -2.21.